The molecule has 1 fully saturated rings. The first kappa shape index (κ1) is 15.6. The van der Waals surface area contributed by atoms with Crippen LogP contribution < -0.4 is 9.64 Å². The predicted molar refractivity (Wildman–Crippen MR) is 88.2 cm³/mol. The zero-order valence-electron chi connectivity index (χ0n) is 12.8. The second-order valence-corrected chi connectivity index (χ2v) is 5.58. The summed E-state index contributed by atoms with van der Waals surface area (Å²) in [5, 5.41) is 0.729. The molecule has 2 heterocycles. The largest absolute Gasteiger partial charge is 0.481 e. The number of hydrogen-bond acceptors (Lipinski definition) is 5. The Bertz CT molecular complexity index is 702. The summed E-state index contributed by atoms with van der Waals surface area (Å²) < 4.78 is 5.04. The van der Waals surface area contributed by atoms with Crippen molar-refractivity contribution in [2.45, 2.75) is 0 Å². The first-order valence-corrected chi connectivity index (χ1v) is 7.71. The molecule has 120 valence electrons. The lowest BCUT2D eigenvalue weighted by molar-refractivity contribution is 0.0740. The maximum absolute atomic E-state index is 12.5. The third kappa shape index (κ3) is 3.37. The second kappa shape index (κ2) is 6.83. The molecule has 23 heavy (non-hydrogen) atoms. The SMILES string of the molecule is COc1cc(C(=O)N2CCN(c3ccccc3Cl)CC2)ncn1. The van der Waals surface area contributed by atoms with Crippen molar-refractivity contribution < 1.29 is 9.53 Å². The zero-order valence-corrected chi connectivity index (χ0v) is 13.5. The molecule has 1 aliphatic rings. The molecule has 2 aromatic rings. The first-order chi connectivity index (χ1) is 11.2. The molecule has 0 saturated carbocycles. The van der Waals surface area contributed by atoms with Gasteiger partial charge in [-0.1, -0.05) is 23.7 Å². The van der Waals surface area contributed by atoms with Crippen molar-refractivity contribution in [3.63, 3.8) is 0 Å². The Morgan fingerprint density at radius 2 is 1.91 bits per heavy atom. The van der Waals surface area contributed by atoms with E-state index in [1.807, 2.05) is 24.3 Å². The lowest BCUT2D eigenvalue weighted by atomic mass is 10.2. The zero-order chi connectivity index (χ0) is 16.2. The van der Waals surface area contributed by atoms with Gasteiger partial charge in [-0.25, -0.2) is 9.97 Å². The Morgan fingerprint density at radius 3 is 2.61 bits per heavy atom. The van der Waals surface area contributed by atoms with Crippen LogP contribution in [0.2, 0.25) is 5.02 Å². The van der Waals surface area contributed by atoms with Gasteiger partial charge < -0.3 is 14.5 Å². The van der Waals surface area contributed by atoms with Crippen molar-refractivity contribution in [1.29, 1.82) is 0 Å². The van der Waals surface area contributed by atoms with Crippen LogP contribution in [0.4, 0.5) is 5.69 Å². The van der Waals surface area contributed by atoms with E-state index in [1.54, 1.807) is 11.0 Å². The minimum atomic E-state index is -0.107. The van der Waals surface area contributed by atoms with Gasteiger partial charge in [-0.15, -0.1) is 0 Å². The van der Waals surface area contributed by atoms with Gasteiger partial charge >= 0.3 is 0 Å². The average molecular weight is 333 g/mol. The molecule has 0 aliphatic carbocycles. The Hall–Kier alpha value is -2.34. The van der Waals surface area contributed by atoms with Crippen molar-refractivity contribution in [1.82, 2.24) is 14.9 Å². The van der Waals surface area contributed by atoms with Crippen LogP contribution in [0.25, 0.3) is 0 Å². The molecular weight excluding hydrogens is 316 g/mol. The molecule has 1 saturated heterocycles. The number of ether oxygens (including phenoxy) is 1. The van der Waals surface area contributed by atoms with Crippen molar-refractivity contribution in [2.75, 3.05) is 38.2 Å². The number of nitrogens with zero attached hydrogens (tertiary/aromatic N) is 4. The van der Waals surface area contributed by atoms with Crippen molar-refractivity contribution in [3.05, 3.63) is 47.4 Å². The van der Waals surface area contributed by atoms with Gasteiger partial charge in [0.1, 0.15) is 12.0 Å². The lowest BCUT2D eigenvalue weighted by Crippen LogP contribution is -2.49. The number of aromatic nitrogens is 2. The number of para-hydroxylation sites is 1. The molecule has 0 bridgehead atoms. The Balaban J connectivity index is 1.66. The van der Waals surface area contributed by atoms with E-state index in [9.17, 15) is 4.79 Å². The lowest BCUT2D eigenvalue weighted by Gasteiger charge is -2.36. The van der Waals surface area contributed by atoms with E-state index in [4.69, 9.17) is 16.3 Å². The maximum Gasteiger partial charge on any atom is 0.272 e. The van der Waals surface area contributed by atoms with Crippen LogP contribution >= 0.6 is 11.6 Å². The Morgan fingerprint density at radius 1 is 1.17 bits per heavy atom. The summed E-state index contributed by atoms with van der Waals surface area (Å²) in [5.41, 5.74) is 1.35. The fourth-order valence-electron chi connectivity index (χ4n) is 2.59. The van der Waals surface area contributed by atoms with E-state index in [2.05, 4.69) is 14.9 Å². The van der Waals surface area contributed by atoms with Crippen LogP contribution in [0.5, 0.6) is 5.88 Å². The van der Waals surface area contributed by atoms with Gasteiger partial charge in [0, 0.05) is 32.2 Å². The molecule has 0 spiro atoms. The number of methoxy groups -OCH3 is 1. The topological polar surface area (TPSA) is 58.6 Å². The smallest absolute Gasteiger partial charge is 0.272 e. The predicted octanol–water partition coefficient (Wildman–Crippen LogP) is 2.10. The Labute approximate surface area is 139 Å². The molecule has 7 heteroatoms. The van der Waals surface area contributed by atoms with E-state index in [-0.39, 0.29) is 5.91 Å². The van der Waals surface area contributed by atoms with Crippen molar-refractivity contribution in [3.8, 4) is 5.88 Å². The maximum atomic E-state index is 12.5. The van der Waals surface area contributed by atoms with Gasteiger partial charge in [-0.3, -0.25) is 4.79 Å². The molecular formula is C16H17ClN4O2. The molecule has 1 aliphatic heterocycles. The third-order valence-corrected chi connectivity index (χ3v) is 4.15. The quantitative estimate of drug-likeness (QED) is 0.861. The molecule has 3 rings (SSSR count). The summed E-state index contributed by atoms with van der Waals surface area (Å²) in [6, 6.07) is 9.31. The van der Waals surface area contributed by atoms with Crippen LogP contribution in [0, 0.1) is 0 Å². The fourth-order valence-corrected chi connectivity index (χ4v) is 2.84. The summed E-state index contributed by atoms with van der Waals surface area (Å²) in [5.74, 6) is 0.280. The fraction of sp³-hybridized carbons (Fsp3) is 0.312. The monoisotopic (exact) mass is 332 g/mol. The van der Waals surface area contributed by atoms with Gasteiger partial charge in [0.15, 0.2) is 0 Å². The number of rotatable bonds is 3. The number of piperazine rings is 1. The summed E-state index contributed by atoms with van der Waals surface area (Å²) in [6.45, 7) is 2.71. The first-order valence-electron chi connectivity index (χ1n) is 7.34. The normalized spacial score (nSPS) is 14.7. The number of hydrogen-bond donors (Lipinski definition) is 0. The highest BCUT2D eigenvalue weighted by Crippen LogP contribution is 2.26. The van der Waals surface area contributed by atoms with Crippen LogP contribution in [-0.4, -0.2) is 54.1 Å². The number of anilines is 1. The van der Waals surface area contributed by atoms with E-state index in [0.29, 0.717) is 24.7 Å². The molecule has 1 aromatic carbocycles. The highest BCUT2D eigenvalue weighted by molar-refractivity contribution is 6.33. The van der Waals surface area contributed by atoms with Crippen LogP contribution in [0.15, 0.2) is 36.7 Å². The summed E-state index contributed by atoms with van der Waals surface area (Å²) >= 11 is 6.23. The van der Waals surface area contributed by atoms with Gasteiger partial charge in [0.05, 0.1) is 17.8 Å². The van der Waals surface area contributed by atoms with Gasteiger partial charge in [0.25, 0.3) is 5.91 Å². The third-order valence-electron chi connectivity index (χ3n) is 3.83. The highest BCUT2D eigenvalue weighted by atomic mass is 35.5. The second-order valence-electron chi connectivity index (χ2n) is 5.18. The summed E-state index contributed by atoms with van der Waals surface area (Å²) in [6.07, 6.45) is 1.34. The van der Waals surface area contributed by atoms with E-state index < -0.39 is 0 Å². The van der Waals surface area contributed by atoms with Crippen molar-refractivity contribution >= 4 is 23.2 Å². The minimum absolute atomic E-state index is 0.107. The number of carbonyl (C=O) groups excluding carboxylic acids is 1. The molecule has 6 nitrogen and oxygen atoms in total. The molecule has 1 aromatic heterocycles. The molecule has 1 amide bonds. The molecule has 0 N–H and O–H groups in total. The Kier molecular flexibility index (Phi) is 4.62. The van der Waals surface area contributed by atoms with Crippen LogP contribution in [-0.2, 0) is 0 Å². The number of amides is 1. The van der Waals surface area contributed by atoms with Crippen molar-refractivity contribution in [2.24, 2.45) is 0 Å². The van der Waals surface area contributed by atoms with Gasteiger partial charge in [-0.05, 0) is 12.1 Å². The number of carbonyl (C=O) groups is 1. The average Bonchev–Trinajstić information content (AvgIpc) is 2.62. The summed E-state index contributed by atoms with van der Waals surface area (Å²) in [4.78, 5) is 24.4. The van der Waals surface area contributed by atoms with Crippen LogP contribution in [0.1, 0.15) is 10.5 Å². The molecule has 0 unspecified atom stereocenters. The van der Waals surface area contributed by atoms with E-state index in [0.717, 1.165) is 23.8 Å². The number of halogens is 1. The summed E-state index contributed by atoms with van der Waals surface area (Å²) in [7, 11) is 1.51. The molecule has 0 atom stereocenters. The van der Waals surface area contributed by atoms with E-state index >= 15 is 0 Å². The van der Waals surface area contributed by atoms with Gasteiger partial charge in [0.2, 0.25) is 5.88 Å². The van der Waals surface area contributed by atoms with Crippen LogP contribution in [0.3, 0.4) is 0 Å². The molecule has 0 radical (unpaired) electrons. The highest BCUT2D eigenvalue weighted by Gasteiger charge is 2.24. The van der Waals surface area contributed by atoms with Gasteiger partial charge in [-0.2, -0.15) is 0 Å². The number of benzene rings is 1. The minimum Gasteiger partial charge on any atom is -0.481 e. The standard InChI is InChI=1S/C16H17ClN4O2/c1-23-15-10-13(18-11-19-15)16(22)21-8-6-20(7-9-21)14-5-3-2-4-12(14)17/h2-5,10-11H,6-9H2,1H3. The van der Waals surface area contributed by atoms with E-state index in [1.165, 1.54) is 13.4 Å².